The fourth-order valence-electron chi connectivity index (χ4n) is 3.23. The maximum Gasteiger partial charge on any atom is 0.127 e. The molecule has 3 heteroatoms. The number of nitrogens with zero attached hydrogens (tertiary/aromatic N) is 1. The normalized spacial score (nSPS) is 10.5. The summed E-state index contributed by atoms with van der Waals surface area (Å²) in [7, 11) is 1.70. The van der Waals surface area contributed by atoms with Crippen LogP contribution in [0, 0.1) is 0 Å². The highest BCUT2D eigenvalue weighted by atomic mass is 16.5. The van der Waals surface area contributed by atoms with E-state index in [1.54, 1.807) is 19.5 Å². The molecule has 0 saturated carbocycles. The first-order valence-electron chi connectivity index (χ1n) is 9.20. The van der Waals surface area contributed by atoms with Crippen LogP contribution < -0.4 is 9.47 Å². The van der Waals surface area contributed by atoms with Crippen LogP contribution in [0.3, 0.4) is 0 Å². The molecule has 0 aliphatic carbocycles. The molecule has 3 aromatic carbocycles. The van der Waals surface area contributed by atoms with Gasteiger partial charge in [0.2, 0.25) is 0 Å². The summed E-state index contributed by atoms with van der Waals surface area (Å²) in [4.78, 5) is 4.13. The van der Waals surface area contributed by atoms with Gasteiger partial charge < -0.3 is 9.47 Å². The number of hydrogen-bond donors (Lipinski definition) is 0. The number of pyridine rings is 1. The molecule has 0 amide bonds. The summed E-state index contributed by atoms with van der Waals surface area (Å²) in [6.45, 7) is 0.553. The van der Waals surface area contributed by atoms with Gasteiger partial charge in [0.1, 0.15) is 18.1 Å². The molecule has 3 nitrogen and oxygen atoms in total. The van der Waals surface area contributed by atoms with Crippen LogP contribution in [0.1, 0.15) is 5.56 Å². The lowest BCUT2D eigenvalue weighted by atomic mass is 9.94. The van der Waals surface area contributed by atoms with E-state index >= 15 is 0 Å². The molecule has 4 rings (SSSR count). The van der Waals surface area contributed by atoms with Crippen molar-refractivity contribution >= 4 is 0 Å². The molecule has 0 aliphatic heterocycles. The Morgan fingerprint density at radius 3 is 2.18 bits per heavy atom. The van der Waals surface area contributed by atoms with Crippen LogP contribution in [0.2, 0.25) is 0 Å². The number of methoxy groups -OCH3 is 1. The van der Waals surface area contributed by atoms with Crippen LogP contribution in [-0.4, -0.2) is 12.1 Å². The average molecular weight is 367 g/mol. The molecule has 4 aromatic rings. The second kappa shape index (κ2) is 8.40. The highest BCUT2D eigenvalue weighted by molar-refractivity contribution is 5.87. The maximum absolute atomic E-state index is 5.91. The van der Waals surface area contributed by atoms with Gasteiger partial charge in [-0.05, 0) is 52.6 Å². The molecule has 0 atom stereocenters. The van der Waals surface area contributed by atoms with Crippen molar-refractivity contribution in [3.05, 3.63) is 103 Å². The second-order valence-electron chi connectivity index (χ2n) is 6.42. The Labute approximate surface area is 165 Å². The van der Waals surface area contributed by atoms with Gasteiger partial charge in [-0.1, -0.05) is 54.6 Å². The Morgan fingerprint density at radius 1 is 0.714 bits per heavy atom. The third-order valence-electron chi connectivity index (χ3n) is 4.63. The van der Waals surface area contributed by atoms with Crippen molar-refractivity contribution in [2.24, 2.45) is 0 Å². The van der Waals surface area contributed by atoms with Crippen LogP contribution in [-0.2, 0) is 6.61 Å². The van der Waals surface area contributed by atoms with Crippen LogP contribution in [0.4, 0.5) is 0 Å². The van der Waals surface area contributed by atoms with E-state index in [9.17, 15) is 0 Å². The van der Waals surface area contributed by atoms with Crippen molar-refractivity contribution in [3.63, 3.8) is 0 Å². The van der Waals surface area contributed by atoms with Gasteiger partial charge in [-0.3, -0.25) is 4.98 Å². The summed E-state index contributed by atoms with van der Waals surface area (Å²) in [6, 6.07) is 28.4. The molecule has 138 valence electrons. The number of rotatable bonds is 6. The first-order chi connectivity index (χ1) is 13.8. The lowest BCUT2D eigenvalue weighted by Gasteiger charge is -2.15. The number of ether oxygens (including phenoxy) is 2. The van der Waals surface area contributed by atoms with Crippen molar-refractivity contribution in [2.75, 3.05) is 7.11 Å². The molecule has 0 aliphatic rings. The highest BCUT2D eigenvalue weighted by Crippen LogP contribution is 2.39. The Bertz CT molecular complexity index is 1030. The molecular weight excluding hydrogens is 346 g/mol. The summed E-state index contributed by atoms with van der Waals surface area (Å²) >= 11 is 0. The monoisotopic (exact) mass is 367 g/mol. The van der Waals surface area contributed by atoms with E-state index in [1.807, 2.05) is 54.6 Å². The van der Waals surface area contributed by atoms with Gasteiger partial charge in [-0.25, -0.2) is 0 Å². The Hall–Kier alpha value is -3.59. The predicted octanol–water partition coefficient (Wildman–Crippen LogP) is 6.00. The van der Waals surface area contributed by atoms with Gasteiger partial charge in [-0.2, -0.15) is 0 Å². The van der Waals surface area contributed by atoms with E-state index in [-0.39, 0.29) is 0 Å². The minimum atomic E-state index is 0.553. The zero-order chi connectivity index (χ0) is 19.2. The summed E-state index contributed by atoms with van der Waals surface area (Å²) in [5, 5.41) is 0. The fraction of sp³-hybridized carbons (Fsp3) is 0.0800. The second-order valence-corrected chi connectivity index (χ2v) is 6.42. The topological polar surface area (TPSA) is 31.4 Å². The van der Waals surface area contributed by atoms with Crippen molar-refractivity contribution in [1.82, 2.24) is 4.98 Å². The minimum Gasteiger partial charge on any atom is -0.496 e. The molecule has 28 heavy (non-hydrogen) atoms. The third kappa shape index (κ3) is 3.89. The SMILES string of the molecule is COc1cccc(-c2ccncc2)c1-c1ccc(OCc2ccccc2)cc1. The van der Waals surface area contributed by atoms with Crippen LogP contribution in [0.5, 0.6) is 11.5 Å². The van der Waals surface area contributed by atoms with E-state index in [1.165, 1.54) is 0 Å². The Kier molecular flexibility index (Phi) is 5.34. The number of aromatic nitrogens is 1. The van der Waals surface area contributed by atoms with Gasteiger partial charge in [0, 0.05) is 18.0 Å². The molecule has 0 N–H and O–H groups in total. The smallest absolute Gasteiger partial charge is 0.127 e. The molecule has 1 heterocycles. The summed E-state index contributed by atoms with van der Waals surface area (Å²) < 4.78 is 11.6. The largest absolute Gasteiger partial charge is 0.496 e. The molecule has 0 saturated heterocycles. The number of benzene rings is 3. The lowest BCUT2D eigenvalue weighted by molar-refractivity contribution is 0.306. The first kappa shape index (κ1) is 17.8. The van der Waals surface area contributed by atoms with Gasteiger partial charge in [0.05, 0.1) is 7.11 Å². The lowest BCUT2D eigenvalue weighted by Crippen LogP contribution is -1.95. The Morgan fingerprint density at radius 2 is 1.46 bits per heavy atom. The molecule has 0 bridgehead atoms. The van der Waals surface area contributed by atoms with Crippen molar-refractivity contribution < 1.29 is 9.47 Å². The Balaban J connectivity index is 1.64. The minimum absolute atomic E-state index is 0.553. The van der Waals surface area contributed by atoms with Crippen molar-refractivity contribution in [3.8, 4) is 33.8 Å². The van der Waals surface area contributed by atoms with Gasteiger partial charge in [-0.15, -0.1) is 0 Å². The molecule has 0 unspecified atom stereocenters. The van der Waals surface area contributed by atoms with E-state index in [0.717, 1.165) is 39.3 Å². The number of hydrogen-bond acceptors (Lipinski definition) is 3. The summed E-state index contributed by atoms with van der Waals surface area (Å²) in [6.07, 6.45) is 3.61. The fourth-order valence-corrected chi connectivity index (χ4v) is 3.23. The summed E-state index contributed by atoms with van der Waals surface area (Å²) in [5.74, 6) is 1.68. The van der Waals surface area contributed by atoms with Gasteiger partial charge in [0.25, 0.3) is 0 Å². The quantitative estimate of drug-likeness (QED) is 0.419. The molecule has 0 spiro atoms. The van der Waals surface area contributed by atoms with Crippen LogP contribution >= 0.6 is 0 Å². The molecule has 0 fully saturated rings. The predicted molar refractivity (Wildman–Crippen MR) is 112 cm³/mol. The third-order valence-corrected chi connectivity index (χ3v) is 4.63. The van der Waals surface area contributed by atoms with Crippen molar-refractivity contribution in [2.45, 2.75) is 6.61 Å². The van der Waals surface area contributed by atoms with E-state index in [2.05, 4.69) is 35.3 Å². The van der Waals surface area contributed by atoms with E-state index < -0.39 is 0 Å². The summed E-state index contributed by atoms with van der Waals surface area (Å²) in [5.41, 5.74) is 5.51. The van der Waals surface area contributed by atoms with Crippen LogP contribution in [0.15, 0.2) is 97.3 Å². The van der Waals surface area contributed by atoms with Crippen LogP contribution in [0.25, 0.3) is 22.3 Å². The van der Waals surface area contributed by atoms with Gasteiger partial charge in [0.15, 0.2) is 0 Å². The first-order valence-corrected chi connectivity index (χ1v) is 9.20. The molecule has 1 aromatic heterocycles. The maximum atomic E-state index is 5.91. The van der Waals surface area contributed by atoms with E-state index in [4.69, 9.17) is 9.47 Å². The zero-order valence-electron chi connectivity index (χ0n) is 15.7. The van der Waals surface area contributed by atoms with E-state index in [0.29, 0.717) is 6.61 Å². The molecular formula is C25H21NO2. The average Bonchev–Trinajstić information content (AvgIpc) is 2.79. The standard InChI is InChI=1S/C25H21NO2/c1-27-24-9-5-8-23(20-14-16-26-17-15-20)25(24)21-10-12-22(13-11-21)28-18-19-6-3-2-4-7-19/h2-17H,18H2,1H3. The zero-order valence-corrected chi connectivity index (χ0v) is 15.7. The van der Waals surface area contributed by atoms with Gasteiger partial charge >= 0.3 is 0 Å². The highest BCUT2D eigenvalue weighted by Gasteiger charge is 2.13. The molecule has 0 radical (unpaired) electrons. The van der Waals surface area contributed by atoms with Crippen molar-refractivity contribution in [1.29, 1.82) is 0 Å².